The van der Waals surface area contributed by atoms with Gasteiger partial charge in [-0.15, -0.1) is 0 Å². The van der Waals surface area contributed by atoms with Gasteiger partial charge < -0.3 is 14.4 Å². The van der Waals surface area contributed by atoms with Crippen LogP contribution >= 0.6 is 34.8 Å². The average molecular weight is 587 g/mol. The molecular formula is C29H26Cl3N3O4. The number of hydrogen-bond acceptors (Lipinski definition) is 5. The van der Waals surface area contributed by atoms with Gasteiger partial charge in [-0.2, -0.15) is 5.10 Å². The maximum absolute atomic E-state index is 11.5. The van der Waals surface area contributed by atoms with Gasteiger partial charge in [-0.1, -0.05) is 52.1 Å². The van der Waals surface area contributed by atoms with Crippen LogP contribution in [0.5, 0.6) is 5.75 Å². The largest absolute Gasteiger partial charge is 0.489 e. The lowest BCUT2D eigenvalue weighted by Crippen LogP contribution is -2.08. The molecule has 2 aromatic heterocycles. The lowest BCUT2D eigenvalue weighted by molar-refractivity contribution is 0.0689. The molecular weight excluding hydrogens is 561 g/mol. The fourth-order valence-electron chi connectivity index (χ4n) is 5.17. The lowest BCUT2D eigenvalue weighted by atomic mass is 10.0. The second kappa shape index (κ2) is 10.2. The molecule has 2 fully saturated rings. The molecule has 0 saturated heterocycles. The molecule has 2 aliphatic carbocycles. The first-order chi connectivity index (χ1) is 18.7. The van der Waals surface area contributed by atoms with Crippen LogP contribution in [-0.4, -0.2) is 26.0 Å². The van der Waals surface area contributed by atoms with Gasteiger partial charge in [-0.25, -0.2) is 4.79 Å². The van der Waals surface area contributed by atoms with Crippen LogP contribution in [0.4, 0.5) is 0 Å². The Morgan fingerprint density at radius 3 is 2.49 bits per heavy atom. The van der Waals surface area contributed by atoms with Gasteiger partial charge in [0, 0.05) is 34.2 Å². The van der Waals surface area contributed by atoms with Crippen LogP contribution in [0.15, 0.2) is 47.0 Å². The Hall–Kier alpha value is -3.00. The third-order valence-electron chi connectivity index (χ3n) is 7.36. The highest BCUT2D eigenvalue weighted by atomic mass is 35.5. The van der Waals surface area contributed by atoms with E-state index in [9.17, 15) is 9.90 Å². The average Bonchev–Trinajstić information content (AvgIpc) is 3.80. The molecule has 2 atom stereocenters. The summed E-state index contributed by atoms with van der Waals surface area (Å²) >= 11 is 19.7. The number of nitrogens with zero attached hydrogens (tertiary/aromatic N) is 3. The number of halogens is 3. The first kappa shape index (κ1) is 26.2. The minimum atomic E-state index is -1.02. The van der Waals surface area contributed by atoms with E-state index in [1.54, 1.807) is 28.9 Å². The molecule has 0 radical (unpaired) electrons. The van der Waals surface area contributed by atoms with Crippen LogP contribution < -0.4 is 4.74 Å². The van der Waals surface area contributed by atoms with E-state index in [0.29, 0.717) is 38.0 Å². The molecule has 6 rings (SSSR count). The predicted octanol–water partition coefficient (Wildman–Crippen LogP) is 8.50. The maximum Gasteiger partial charge on any atom is 0.356 e. The summed E-state index contributed by atoms with van der Waals surface area (Å²) in [5, 5.41) is 19.6. The minimum absolute atomic E-state index is 0.0593. The Morgan fingerprint density at radius 1 is 1.10 bits per heavy atom. The summed E-state index contributed by atoms with van der Waals surface area (Å²) in [4.78, 5) is 11.5. The third kappa shape index (κ3) is 5.04. The van der Waals surface area contributed by atoms with E-state index in [-0.39, 0.29) is 30.2 Å². The summed E-state index contributed by atoms with van der Waals surface area (Å²) in [6.07, 6.45) is 2.97. The van der Waals surface area contributed by atoms with Gasteiger partial charge in [0.05, 0.1) is 15.6 Å². The van der Waals surface area contributed by atoms with E-state index >= 15 is 0 Å². The molecule has 202 valence electrons. The Bertz CT molecular complexity index is 1550. The lowest BCUT2D eigenvalue weighted by Gasteiger charge is -2.12. The number of benzene rings is 2. The van der Waals surface area contributed by atoms with Crippen molar-refractivity contribution in [1.82, 2.24) is 14.9 Å². The van der Waals surface area contributed by atoms with Gasteiger partial charge in [0.2, 0.25) is 0 Å². The minimum Gasteiger partial charge on any atom is -0.489 e. The van der Waals surface area contributed by atoms with Crippen LogP contribution in [0.25, 0.3) is 11.3 Å². The molecule has 1 N–H and O–H groups in total. The van der Waals surface area contributed by atoms with Crippen molar-refractivity contribution >= 4 is 40.8 Å². The molecule has 0 bridgehead atoms. The normalized spacial score (nSPS) is 18.5. The van der Waals surface area contributed by atoms with Gasteiger partial charge in [-0.3, -0.25) is 4.68 Å². The first-order valence-corrected chi connectivity index (χ1v) is 14.0. The van der Waals surface area contributed by atoms with Crippen LogP contribution in [0.1, 0.15) is 90.0 Å². The molecule has 10 heteroatoms. The summed E-state index contributed by atoms with van der Waals surface area (Å²) in [6, 6.07) is 12.8. The topological polar surface area (TPSA) is 90.4 Å². The van der Waals surface area contributed by atoms with E-state index in [1.165, 1.54) is 0 Å². The van der Waals surface area contributed by atoms with Crippen LogP contribution in [0.3, 0.4) is 0 Å². The Kier molecular flexibility index (Phi) is 6.86. The van der Waals surface area contributed by atoms with Gasteiger partial charge in [-0.05, 0) is 74.9 Å². The van der Waals surface area contributed by atoms with E-state index in [1.807, 2.05) is 32.0 Å². The monoisotopic (exact) mass is 585 g/mol. The highest BCUT2D eigenvalue weighted by molar-refractivity contribution is 6.39. The van der Waals surface area contributed by atoms with Crippen molar-refractivity contribution in [2.75, 3.05) is 0 Å². The van der Waals surface area contributed by atoms with E-state index in [4.69, 9.17) is 44.1 Å². The standard InChI is InChI=1S/C29H26Cl3N3O4/c1-14(2)35-25(12-24(33-35)29(36)37)19-11-18(19)17-9-8-16(10-23(17)32)38-13-20-27(34-39-28(20)15-6-7-15)26-21(30)4-3-5-22(26)31/h3-5,8-10,12,14-15,18-19H,6-7,11,13H2,1-2H3,(H,36,37). The SMILES string of the molecule is CC(C)n1nc(C(=O)O)cc1C1CC1c1ccc(OCc2c(-c3c(Cl)cccc3Cl)noc2C2CC2)cc1Cl. The van der Waals surface area contributed by atoms with Gasteiger partial charge in [0.15, 0.2) is 5.69 Å². The quantitative estimate of drug-likeness (QED) is 0.211. The fourth-order valence-corrected chi connectivity index (χ4v) is 6.06. The molecule has 2 unspecified atom stereocenters. The number of hydrogen-bond donors (Lipinski definition) is 1. The molecule has 39 heavy (non-hydrogen) atoms. The summed E-state index contributed by atoms with van der Waals surface area (Å²) in [7, 11) is 0. The molecule has 2 aliphatic rings. The van der Waals surface area contributed by atoms with Crippen molar-refractivity contribution in [3.05, 3.63) is 85.8 Å². The van der Waals surface area contributed by atoms with Crippen molar-refractivity contribution in [1.29, 1.82) is 0 Å². The van der Waals surface area contributed by atoms with Crippen molar-refractivity contribution in [2.45, 2.75) is 63.5 Å². The number of ether oxygens (including phenoxy) is 1. The Balaban J connectivity index is 1.22. The third-order valence-corrected chi connectivity index (χ3v) is 8.32. The Labute approximate surface area is 240 Å². The number of carboxylic acid groups (broad SMARTS) is 1. The Morgan fingerprint density at radius 2 is 1.85 bits per heavy atom. The molecule has 4 aromatic rings. The zero-order valence-corrected chi connectivity index (χ0v) is 23.6. The van der Waals surface area contributed by atoms with Crippen LogP contribution in [0, 0.1) is 0 Å². The first-order valence-electron chi connectivity index (χ1n) is 12.9. The van der Waals surface area contributed by atoms with Crippen LogP contribution in [0.2, 0.25) is 15.1 Å². The zero-order chi connectivity index (χ0) is 27.4. The number of rotatable bonds is 9. The second-order valence-corrected chi connectivity index (χ2v) is 11.7. The van der Waals surface area contributed by atoms with Crippen molar-refractivity contribution < 1.29 is 19.2 Å². The van der Waals surface area contributed by atoms with E-state index in [0.717, 1.165) is 41.8 Å². The van der Waals surface area contributed by atoms with Crippen molar-refractivity contribution in [2.24, 2.45) is 0 Å². The molecule has 2 aromatic carbocycles. The van der Waals surface area contributed by atoms with Gasteiger partial charge in [0.25, 0.3) is 0 Å². The highest BCUT2D eigenvalue weighted by Gasteiger charge is 2.43. The molecule has 7 nitrogen and oxygen atoms in total. The molecule has 0 amide bonds. The maximum atomic E-state index is 11.5. The number of carbonyl (C=O) groups is 1. The summed E-state index contributed by atoms with van der Waals surface area (Å²) in [5.41, 5.74) is 4.07. The highest BCUT2D eigenvalue weighted by Crippen LogP contribution is 2.57. The smallest absolute Gasteiger partial charge is 0.356 e. The number of carboxylic acids is 1. The summed E-state index contributed by atoms with van der Waals surface area (Å²) in [6.45, 7) is 4.22. The predicted molar refractivity (Wildman–Crippen MR) is 149 cm³/mol. The number of aromatic carboxylic acids is 1. The van der Waals surface area contributed by atoms with E-state index < -0.39 is 5.97 Å². The van der Waals surface area contributed by atoms with Gasteiger partial charge >= 0.3 is 5.97 Å². The fraction of sp³-hybridized carbons (Fsp3) is 0.345. The number of aromatic nitrogens is 3. The van der Waals surface area contributed by atoms with Gasteiger partial charge in [0.1, 0.15) is 23.8 Å². The van der Waals surface area contributed by atoms with Crippen molar-refractivity contribution in [3.63, 3.8) is 0 Å². The summed E-state index contributed by atoms with van der Waals surface area (Å²) in [5.74, 6) is 1.09. The molecule has 2 heterocycles. The molecule has 0 spiro atoms. The molecule has 2 saturated carbocycles. The van der Waals surface area contributed by atoms with E-state index in [2.05, 4.69) is 10.3 Å². The zero-order valence-electron chi connectivity index (χ0n) is 21.3. The summed E-state index contributed by atoms with van der Waals surface area (Å²) < 4.78 is 13.7. The van der Waals surface area contributed by atoms with Crippen molar-refractivity contribution in [3.8, 4) is 17.0 Å². The molecule has 0 aliphatic heterocycles. The second-order valence-electron chi connectivity index (χ2n) is 10.5. The van der Waals surface area contributed by atoms with Crippen LogP contribution in [-0.2, 0) is 6.61 Å².